The van der Waals surface area contributed by atoms with Crippen molar-refractivity contribution in [2.24, 2.45) is 0 Å². The van der Waals surface area contributed by atoms with Gasteiger partial charge in [0.15, 0.2) is 11.5 Å². The molecule has 1 N–H and O–H groups in total. The fourth-order valence-corrected chi connectivity index (χ4v) is 3.93. The summed E-state index contributed by atoms with van der Waals surface area (Å²) in [6.07, 6.45) is 0. The summed E-state index contributed by atoms with van der Waals surface area (Å²) in [6.45, 7) is 7.85. The van der Waals surface area contributed by atoms with Gasteiger partial charge in [0, 0.05) is 17.3 Å². The zero-order valence-electron chi connectivity index (χ0n) is 16.9. The maximum atomic E-state index is 6.07. The molecule has 3 aromatic carbocycles. The fourth-order valence-electron chi connectivity index (χ4n) is 3.12. The molecule has 0 aliphatic rings. The predicted octanol–water partition coefficient (Wildman–Crippen LogP) is 7.31. The van der Waals surface area contributed by atoms with Crippen molar-refractivity contribution in [2.45, 2.75) is 33.9 Å². The minimum atomic E-state index is 0.416. The summed E-state index contributed by atoms with van der Waals surface area (Å²) in [6, 6.07) is 18.2. The molecule has 5 heteroatoms. The second-order valence-corrected chi connectivity index (χ2v) is 8.22. The molecule has 0 aliphatic carbocycles. The van der Waals surface area contributed by atoms with Crippen molar-refractivity contribution in [3.63, 3.8) is 0 Å². The molecule has 3 rings (SSSR count). The molecule has 152 valence electrons. The Labute approximate surface area is 186 Å². The van der Waals surface area contributed by atoms with Crippen molar-refractivity contribution in [2.75, 3.05) is 11.9 Å². The van der Waals surface area contributed by atoms with Crippen LogP contribution in [0.3, 0.4) is 0 Å². The van der Waals surface area contributed by atoms with Gasteiger partial charge in [0.05, 0.1) is 11.1 Å². The van der Waals surface area contributed by atoms with Gasteiger partial charge in [-0.25, -0.2) is 0 Å². The molecule has 0 saturated carbocycles. The van der Waals surface area contributed by atoms with Gasteiger partial charge < -0.3 is 14.8 Å². The Balaban J connectivity index is 1.76. The topological polar surface area (TPSA) is 30.5 Å². The van der Waals surface area contributed by atoms with Gasteiger partial charge >= 0.3 is 0 Å². The predicted molar refractivity (Wildman–Crippen MR) is 124 cm³/mol. The van der Waals surface area contributed by atoms with Crippen molar-refractivity contribution in [3.8, 4) is 11.5 Å². The second-order valence-electron chi connectivity index (χ2n) is 6.93. The fraction of sp³-hybridized carbons (Fsp3) is 0.250. The smallest absolute Gasteiger partial charge is 0.175 e. The monoisotopic (exact) mass is 473 g/mol. The first-order valence-corrected chi connectivity index (χ1v) is 10.8. The number of halogens is 2. The van der Waals surface area contributed by atoms with Crippen molar-refractivity contribution in [1.82, 2.24) is 0 Å². The lowest BCUT2D eigenvalue weighted by Crippen LogP contribution is -2.04. The second kappa shape index (κ2) is 10.0. The molecule has 3 nitrogen and oxygen atoms in total. The van der Waals surface area contributed by atoms with Crippen LogP contribution in [0.2, 0.25) is 5.02 Å². The molecule has 0 aromatic heterocycles. The highest BCUT2D eigenvalue weighted by molar-refractivity contribution is 9.10. The lowest BCUT2D eigenvalue weighted by molar-refractivity contribution is 0.267. The highest BCUT2D eigenvalue weighted by Gasteiger charge is 2.13. The lowest BCUT2D eigenvalue weighted by atomic mass is 10.1. The lowest BCUT2D eigenvalue weighted by Gasteiger charge is -2.17. The van der Waals surface area contributed by atoms with Crippen LogP contribution in [-0.2, 0) is 13.2 Å². The van der Waals surface area contributed by atoms with Crippen LogP contribution in [0, 0.1) is 13.8 Å². The average molecular weight is 475 g/mol. The van der Waals surface area contributed by atoms with Gasteiger partial charge in [-0.2, -0.15) is 0 Å². The van der Waals surface area contributed by atoms with E-state index < -0.39 is 0 Å². The Hall–Kier alpha value is -2.17. The Morgan fingerprint density at radius 1 is 0.966 bits per heavy atom. The summed E-state index contributed by atoms with van der Waals surface area (Å²) in [5.74, 6) is 1.42. The number of benzene rings is 3. The van der Waals surface area contributed by atoms with Gasteiger partial charge in [-0.05, 0) is 83.7 Å². The van der Waals surface area contributed by atoms with Gasteiger partial charge in [0.2, 0.25) is 0 Å². The number of rotatable bonds is 8. The molecule has 0 heterocycles. The largest absolute Gasteiger partial charge is 0.490 e. The number of nitrogens with one attached hydrogen (secondary N) is 1. The van der Waals surface area contributed by atoms with Gasteiger partial charge in [0.1, 0.15) is 6.61 Å². The first-order valence-electron chi connectivity index (χ1n) is 9.60. The van der Waals surface area contributed by atoms with E-state index in [0.29, 0.717) is 30.5 Å². The Morgan fingerprint density at radius 3 is 2.52 bits per heavy atom. The molecule has 0 unspecified atom stereocenters. The molecule has 0 atom stereocenters. The van der Waals surface area contributed by atoms with Crippen LogP contribution in [-0.4, -0.2) is 6.61 Å². The number of hydrogen-bond acceptors (Lipinski definition) is 3. The molecule has 0 amide bonds. The quantitative estimate of drug-likeness (QED) is 0.371. The van der Waals surface area contributed by atoms with Crippen LogP contribution >= 0.6 is 27.5 Å². The van der Waals surface area contributed by atoms with Crippen LogP contribution < -0.4 is 14.8 Å². The molecule has 3 aromatic rings. The molecule has 0 spiro atoms. The third kappa shape index (κ3) is 5.91. The minimum Gasteiger partial charge on any atom is -0.490 e. The van der Waals surface area contributed by atoms with E-state index in [1.54, 1.807) is 0 Å². The maximum Gasteiger partial charge on any atom is 0.175 e. The number of hydrogen-bond donors (Lipinski definition) is 1. The molecular weight excluding hydrogens is 450 g/mol. The van der Waals surface area contributed by atoms with E-state index in [1.165, 1.54) is 11.1 Å². The summed E-state index contributed by atoms with van der Waals surface area (Å²) in [5, 5.41) is 4.20. The number of ether oxygens (including phenoxy) is 2. The van der Waals surface area contributed by atoms with Gasteiger partial charge in [-0.1, -0.05) is 41.4 Å². The maximum absolute atomic E-state index is 6.07. The Morgan fingerprint density at radius 2 is 1.79 bits per heavy atom. The first kappa shape index (κ1) is 21.5. The van der Waals surface area contributed by atoms with Crippen molar-refractivity contribution < 1.29 is 9.47 Å². The van der Waals surface area contributed by atoms with E-state index in [9.17, 15) is 0 Å². The molecule has 0 aliphatic heterocycles. The van der Waals surface area contributed by atoms with E-state index >= 15 is 0 Å². The number of anilines is 1. The van der Waals surface area contributed by atoms with Gasteiger partial charge in [-0.3, -0.25) is 0 Å². The zero-order chi connectivity index (χ0) is 20.8. The van der Waals surface area contributed by atoms with Crippen molar-refractivity contribution >= 4 is 33.2 Å². The SMILES string of the molecule is CCOc1cc(CNc2ccc(C)cc2C)cc(Br)c1OCc1cccc(Cl)c1. The molecule has 29 heavy (non-hydrogen) atoms. The van der Waals surface area contributed by atoms with Gasteiger partial charge in [0.25, 0.3) is 0 Å². The summed E-state index contributed by atoms with van der Waals surface area (Å²) in [4.78, 5) is 0. The molecular formula is C24H25BrClNO2. The third-order valence-electron chi connectivity index (χ3n) is 4.51. The highest BCUT2D eigenvalue weighted by atomic mass is 79.9. The zero-order valence-corrected chi connectivity index (χ0v) is 19.2. The van der Waals surface area contributed by atoms with E-state index in [0.717, 1.165) is 27.0 Å². The van der Waals surface area contributed by atoms with Crippen LogP contribution in [0.5, 0.6) is 11.5 Å². The summed E-state index contributed by atoms with van der Waals surface area (Å²) in [5.41, 5.74) is 5.74. The average Bonchev–Trinajstić information content (AvgIpc) is 2.67. The summed E-state index contributed by atoms with van der Waals surface area (Å²) in [7, 11) is 0. The van der Waals surface area contributed by atoms with Gasteiger partial charge in [-0.15, -0.1) is 0 Å². The minimum absolute atomic E-state index is 0.416. The molecule has 0 fully saturated rings. The first-order chi connectivity index (χ1) is 14.0. The Bertz CT molecular complexity index is 991. The highest BCUT2D eigenvalue weighted by Crippen LogP contribution is 2.38. The van der Waals surface area contributed by atoms with Crippen molar-refractivity contribution in [1.29, 1.82) is 0 Å². The summed E-state index contributed by atoms with van der Waals surface area (Å²) < 4.78 is 12.8. The molecule has 0 radical (unpaired) electrons. The standard InChI is InChI=1S/C24H25BrClNO2/c1-4-28-23-13-19(14-27-22-9-8-16(2)10-17(22)3)12-21(25)24(23)29-15-18-6-5-7-20(26)11-18/h5-13,27H,4,14-15H2,1-3H3. The summed E-state index contributed by atoms with van der Waals surface area (Å²) >= 11 is 9.72. The van der Waals surface area contributed by atoms with E-state index in [-0.39, 0.29) is 0 Å². The van der Waals surface area contributed by atoms with Crippen LogP contribution in [0.15, 0.2) is 59.1 Å². The van der Waals surface area contributed by atoms with Crippen molar-refractivity contribution in [3.05, 3.63) is 86.3 Å². The molecule has 0 bridgehead atoms. The van der Waals surface area contributed by atoms with Crippen LogP contribution in [0.1, 0.15) is 29.2 Å². The number of aryl methyl sites for hydroxylation is 2. The van der Waals surface area contributed by atoms with E-state index in [1.807, 2.05) is 37.3 Å². The molecule has 0 saturated heterocycles. The van der Waals surface area contributed by atoms with Crippen LogP contribution in [0.4, 0.5) is 5.69 Å². The van der Waals surface area contributed by atoms with E-state index in [4.69, 9.17) is 21.1 Å². The Kier molecular flexibility index (Phi) is 7.45. The normalized spacial score (nSPS) is 10.7. The van der Waals surface area contributed by atoms with E-state index in [2.05, 4.69) is 59.4 Å². The third-order valence-corrected chi connectivity index (χ3v) is 5.33. The van der Waals surface area contributed by atoms with Crippen LogP contribution in [0.25, 0.3) is 0 Å².